The molecule has 0 aliphatic heterocycles. The van der Waals surface area contributed by atoms with Gasteiger partial charge in [-0.15, -0.1) is 0 Å². The van der Waals surface area contributed by atoms with Crippen LogP contribution in [-0.4, -0.2) is 6.04 Å². The Morgan fingerprint density at radius 2 is 2.11 bits per heavy atom. The summed E-state index contributed by atoms with van der Waals surface area (Å²) < 4.78 is 0.951. The molecule has 0 aromatic heterocycles. The van der Waals surface area contributed by atoms with Crippen LogP contribution in [0.1, 0.15) is 40.0 Å². The lowest BCUT2D eigenvalue weighted by Gasteiger charge is -2.40. The van der Waals surface area contributed by atoms with Crippen molar-refractivity contribution in [1.82, 2.24) is 0 Å². The van der Waals surface area contributed by atoms with Gasteiger partial charge in [0, 0.05) is 16.2 Å². The van der Waals surface area contributed by atoms with Crippen LogP contribution in [0.25, 0.3) is 0 Å². The topological polar surface area (TPSA) is 12.0 Å². The van der Waals surface area contributed by atoms with Gasteiger partial charge in [0.05, 0.1) is 5.02 Å². The Hall–Kier alpha value is -0.210. The number of benzene rings is 1. The highest BCUT2D eigenvalue weighted by molar-refractivity contribution is 9.10. The molecule has 1 saturated carbocycles. The van der Waals surface area contributed by atoms with Crippen molar-refractivity contribution in [2.75, 3.05) is 5.32 Å². The van der Waals surface area contributed by atoms with E-state index in [-0.39, 0.29) is 0 Å². The zero-order valence-corrected chi connectivity index (χ0v) is 13.6. The quantitative estimate of drug-likeness (QED) is 0.730. The molecule has 1 N–H and O–H groups in total. The molecule has 2 atom stereocenters. The van der Waals surface area contributed by atoms with Gasteiger partial charge in [-0.25, -0.2) is 0 Å². The van der Waals surface area contributed by atoms with Gasteiger partial charge in [-0.3, -0.25) is 0 Å². The monoisotopic (exact) mass is 329 g/mol. The van der Waals surface area contributed by atoms with Crippen LogP contribution in [0, 0.1) is 11.3 Å². The maximum absolute atomic E-state index is 6.13. The Labute approximate surface area is 123 Å². The molecule has 0 saturated heterocycles. The zero-order chi connectivity index (χ0) is 13.3. The Balaban J connectivity index is 2.03. The summed E-state index contributed by atoms with van der Waals surface area (Å²) in [5.41, 5.74) is 1.62. The van der Waals surface area contributed by atoms with Crippen LogP contribution in [0.5, 0.6) is 0 Å². The molecule has 2 unspecified atom stereocenters. The van der Waals surface area contributed by atoms with E-state index >= 15 is 0 Å². The molecular formula is C15H21BrClN. The fraction of sp³-hybridized carbons (Fsp3) is 0.600. The van der Waals surface area contributed by atoms with E-state index in [4.69, 9.17) is 11.6 Å². The highest BCUT2D eigenvalue weighted by Gasteiger charge is 2.32. The largest absolute Gasteiger partial charge is 0.382 e. The van der Waals surface area contributed by atoms with Gasteiger partial charge in [0.1, 0.15) is 0 Å². The highest BCUT2D eigenvalue weighted by atomic mass is 79.9. The Bertz CT molecular complexity index is 431. The van der Waals surface area contributed by atoms with Crippen LogP contribution in [0.2, 0.25) is 5.02 Å². The number of nitrogens with one attached hydrogen (secondary N) is 1. The fourth-order valence-electron chi connectivity index (χ4n) is 2.96. The second-order valence-corrected chi connectivity index (χ2v) is 7.53. The summed E-state index contributed by atoms with van der Waals surface area (Å²) >= 11 is 9.55. The molecule has 1 fully saturated rings. The summed E-state index contributed by atoms with van der Waals surface area (Å²) in [5, 5.41) is 4.40. The van der Waals surface area contributed by atoms with Crippen molar-refractivity contribution < 1.29 is 0 Å². The molecule has 0 spiro atoms. The summed E-state index contributed by atoms with van der Waals surface area (Å²) in [6.07, 6.45) is 3.82. The highest BCUT2D eigenvalue weighted by Crippen LogP contribution is 2.39. The van der Waals surface area contributed by atoms with E-state index in [1.807, 2.05) is 12.1 Å². The summed E-state index contributed by atoms with van der Waals surface area (Å²) in [5.74, 6) is 0.705. The van der Waals surface area contributed by atoms with E-state index in [2.05, 4.69) is 48.1 Å². The van der Waals surface area contributed by atoms with E-state index in [0.717, 1.165) is 15.2 Å². The van der Waals surface area contributed by atoms with Crippen LogP contribution < -0.4 is 5.32 Å². The van der Waals surface area contributed by atoms with E-state index < -0.39 is 0 Å². The molecule has 1 aliphatic carbocycles. The average Bonchev–Trinajstić information content (AvgIpc) is 2.27. The molecule has 3 heteroatoms. The van der Waals surface area contributed by atoms with Crippen LogP contribution in [-0.2, 0) is 0 Å². The van der Waals surface area contributed by atoms with Crippen molar-refractivity contribution >= 4 is 33.2 Å². The first-order chi connectivity index (χ1) is 8.37. The predicted molar refractivity (Wildman–Crippen MR) is 83.4 cm³/mol. The van der Waals surface area contributed by atoms with Crippen molar-refractivity contribution in [2.24, 2.45) is 11.3 Å². The van der Waals surface area contributed by atoms with E-state index in [9.17, 15) is 0 Å². The maximum Gasteiger partial charge on any atom is 0.0568 e. The lowest BCUT2D eigenvalue weighted by Crippen LogP contribution is -2.36. The van der Waals surface area contributed by atoms with Gasteiger partial charge in [-0.05, 0) is 64.7 Å². The summed E-state index contributed by atoms with van der Waals surface area (Å²) in [7, 11) is 0. The first-order valence-electron chi connectivity index (χ1n) is 6.59. The Morgan fingerprint density at radius 3 is 2.72 bits per heavy atom. The third kappa shape index (κ3) is 3.42. The van der Waals surface area contributed by atoms with E-state index in [1.165, 1.54) is 19.3 Å². The van der Waals surface area contributed by atoms with Crippen LogP contribution >= 0.6 is 27.5 Å². The minimum absolute atomic E-state index is 0.495. The number of rotatable bonds is 2. The first-order valence-corrected chi connectivity index (χ1v) is 7.76. The summed E-state index contributed by atoms with van der Waals surface area (Å²) in [6.45, 7) is 7.09. The second kappa shape index (κ2) is 5.42. The predicted octanol–water partition coefficient (Wildman–Crippen LogP) is 5.73. The standard InChI is InChI=1S/C15H21BrClN/c1-10-9-15(2,3)7-6-14(10)18-11-4-5-12(16)13(17)8-11/h4-5,8,10,14,18H,6-7,9H2,1-3H3. The number of hydrogen-bond donors (Lipinski definition) is 1. The fourth-order valence-corrected chi connectivity index (χ4v) is 3.39. The Kier molecular flexibility index (Phi) is 4.28. The van der Waals surface area contributed by atoms with Gasteiger partial charge >= 0.3 is 0 Å². The van der Waals surface area contributed by atoms with Crippen LogP contribution in [0.3, 0.4) is 0 Å². The second-order valence-electron chi connectivity index (χ2n) is 6.26. The van der Waals surface area contributed by atoms with Gasteiger partial charge in [0.25, 0.3) is 0 Å². The number of halogens is 2. The Morgan fingerprint density at radius 1 is 1.39 bits per heavy atom. The van der Waals surface area contributed by atoms with E-state index in [1.54, 1.807) is 0 Å². The van der Waals surface area contributed by atoms with Crippen LogP contribution in [0.4, 0.5) is 5.69 Å². The lowest BCUT2D eigenvalue weighted by molar-refractivity contribution is 0.177. The van der Waals surface area contributed by atoms with Crippen molar-refractivity contribution in [2.45, 2.75) is 46.1 Å². The zero-order valence-electron chi connectivity index (χ0n) is 11.3. The van der Waals surface area contributed by atoms with Crippen molar-refractivity contribution in [3.05, 3.63) is 27.7 Å². The van der Waals surface area contributed by atoms with Crippen molar-refractivity contribution in [3.8, 4) is 0 Å². The first kappa shape index (κ1) is 14.2. The maximum atomic E-state index is 6.13. The molecule has 1 nitrogen and oxygen atoms in total. The minimum Gasteiger partial charge on any atom is -0.382 e. The van der Waals surface area contributed by atoms with Crippen molar-refractivity contribution in [1.29, 1.82) is 0 Å². The van der Waals surface area contributed by atoms with Gasteiger partial charge in [-0.1, -0.05) is 32.4 Å². The van der Waals surface area contributed by atoms with Gasteiger partial charge < -0.3 is 5.32 Å². The molecule has 18 heavy (non-hydrogen) atoms. The molecule has 100 valence electrons. The molecule has 0 amide bonds. The SMILES string of the molecule is CC1CC(C)(C)CCC1Nc1ccc(Br)c(Cl)c1. The molecule has 0 bridgehead atoms. The number of anilines is 1. The smallest absolute Gasteiger partial charge is 0.0568 e. The molecule has 1 aliphatic rings. The molecule has 0 heterocycles. The van der Waals surface area contributed by atoms with Gasteiger partial charge in [0.15, 0.2) is 0 Å². The van der Waals surface area contributed by atoms with Crippen LogP contribution in [0.15, 0.2) is 22.7 Å². The molecular weight excluding hydrogens is 310 g/mol. The van der Waals surface area contributed by atoms with Gasteiger partial charge in [0.2, 0.25) is 0 Å². The third-order valence-electron chi connectivity index (χ3n) is 3.97. The van der Waals surface area contributed by atoms with E-state index in [0.29, 0.717) is 17.4 Å². The summed E-state index contributed by atoms with van der Waals surface area (Å²) in [6, 6.07) is 6.65. The summed E-state index contributed by atoms with van der Waals surface area (Å²) in [4.78, 5) is 0. The molecule has 2 rings (SSSR count). The molecule has 1 aromatic rings. The number of hydrogen-bond acceptors (Lipinski definition) is 1. The molecule has 1 aromatic carbocycles. The lowest BCUT2D eigenvalue weighted by atomic mass is 9.70. The normalized spacial score (nSPS) is 26.9. The minimum atomic E-state index is 0.495. The third-order valence-corrected chi connectivity index (χ3v) is 5.20. The van der Waals surface area contributed by atoms with Crippen molar-refractivity contribution in [3.63, 3.8) is 0 Å². The average molecular weight is 331 g/mol. The molecule has 0 radical (unpaired) electrons. The van der Waals surface area contributed by atoms with Gasteiger partial charge in [-0.2, -0.15) is 0 Å².